The first-order chi connectivity index (χ1) is 12.2. The van der Waals surface area contributed by atoms with E-state index in [4.69, 9.17) is 0 Å². The summed E-state index contributed by atoms with van der Waals surface area (Å²) in [5.74, 6) is -1.29. The Morgan fingerprint density at radius 2 is 1.84 bits per heavy atom. The first-order valence-corrected chi connectivity index (χ1v) is 7.87. The molecule has 0 saturated heterocycles. The number of H-pyrrole nitrogens is 1. The topological polar surface area (TPSA) is 65.0 Å². The number of hydrogen-bond donors (Lipinski definition) is 2. The first-order valence-electron chi connectivity index (χ1n) is 7.87. The van der Waals surface area contributed by atoms with Crippen molar-refractivity contribution in [1.82, 2.24) is 20.1 Å². The van der Waals surface area contributed by atoms with Crippen LogP contribution in [0.1, 0.15) is 11.1 Å². The maximum Gasteiger partial charge on any atom is 0.135 e. The van der Waals surface area contributed by atoms with E-state index < -0.39 is 11.6 Å². The number of pyridine rings is 1. The predicted octanol–water partition coefficient (Wildman–Crippen LogP) is 2.74. The fourth-order valence-electron chi connectivity index (χ4n) is 2.73. The highest BCUT2D eigenvalue weighted by Crippen LogP contribution is 2.28. The van der Waals surface area contributed by atoms with Gasteiger partial charge in [0.05, 0.1) is 24.1 Å². The zero-order chi connectivity index (χ0) is 17.6. The molecule has 0 atom stereocenters. The van der Waals surface area contributed by atoms with Crippen molar-refractivity contribution in [2.45, 2.75) is 13.1 Å². The number of aromatic nitrogens is 3. The van der Waals surface area contributed by atoms with Gasteiger partial charge in [-0.05, 0) is 23.8 Å². The zero-order valence-corrected chi connectivity index (χ0v) is 13.5. The van der Waals surface area contributed by atoms with Crippen LogP contribution in [0.3, 0.4) is 0 Å². The molecule has 25 heavy (non-hydrogen) atoms. The summed E-state index contributed by atoms with van der Waals surface area (Å²) in [5, 5.41) is 15.9. The normalized spacial score (nSPS) is 11.2. The molecule has 7 heteroatoms. The second-order valence-corrected chi connectivity index (χ2v) is 5.66. The smallest absolute Gasteiger partial charge is 0.135 e. The highest BCUT2D eigenvalue weighted by molar-refractivity contribution is 5.64. The van der Waals surface area contributed by atoms with Gasteiger partial charge in [0.1, 0.15) is 11.6 Å². The summed E-state index contributed by atoms with van der Waals surface area (Å²) in [6, 6.07) is 7.52. The maximum absolute atomic E-state index is 14.1. The Hall–Kier alpha value is -2.64. The third-order valence-corrected chi connectivity index (χ3v) is 3.87. The summed E-state index contributed by atoms with van der Waals surface area (Å²) in [4.78, 5) is 6.04. The van der Waals surface area contributed by atoms with Crippen molar-refractivity contribution >= 4 is 0 Å². The quantitative estimate of drug-likeness (QED) is 0.692. The minimum absolute atomic E-state index is 0.0263. The standard InChI is InChI=1S/C18H18F2N4O/c19-15-4-1-5-16(20)17(15)18-14(10-22-23-18)12-24(7-8-25)11-13-3-2-6-21-9-13/h1-6,9-10,25H,7-8,11-12H2,(H,22,23). The van der Waals surface area contributed by atoms with E-state index in [0.29, 0.717) is 30.9 Å². The van der Waals surface area contributed by atoms with E-state index in [1.807, 2.05) is 17.0 Å². The fourth-order valence-corrected chi connectivity index (χ4v) is 2.73. The van der Waals surface area contributed by atoms with E-state index in [2.05, 4.69) is 15.2 Å². The number of aliphatic hydroxyl groups excluding tert-OH is 1. The van der Waals surface area contributed by atoms with Gasteiger partial charge in [-0.25, -0.2) is 8.78 Å². The molecule has 2 heterocycles. The van der Waals surface area contributed by atoms with Crippen LogP contribution in [0.5, 0.6) is 0 Å². The summed E-state index contributed by atoms with van der Waals surface area (Å²) < 4.78 is 28.2. The average Bonchev–Trinajstić information content (AvgIpc) is 3.04. The van der Waals surface area contributed by atoms with E-state index in [-0.39, 0.29) is 12.2 Å². The molecule has 3 rings (SSSR count). The molecule has 0 unspecified atom stereocenters. The van der Waals surface area contributed by atoms with Gasteiger partial charge in [-0.3, -0.25) is 15.0 Å². The summed E-state index contributed by atoms with van der Waals surface area (Å²) in [6.45, 7) is 1.33. The number of nitrogens with one attached hydrogen (secondary N) is 1. The molecule has 130 valence electrons. The Balaban J connectivity index is 1.85. The lowest BCUT2D eigenvalue weighted by molar-refractivity contribution is 0.184. The van der Waals surface area contributed by atoms with Crippen LogP contribution in [0.2, 0.25) is 0 Å². The summed E-state index contributed by atoms with van der Waals surface area (Å²) >= 11 is 0. The highest BCUT2D eigenvalue weighted by atomic mass is 19.1. The van der Waals surface area contributed by atoms with Crippen LogP contribution in [0.4, 0.5) is 8.78 Å². The minimum Gasteiger partial charge on any atom is -0.395 e. The summed E-state index contributed by atoms with van der Waals surface area (Å²) in [6.07, 6.45) is 4.99. The Kier molecular flexibility index (Phi) is 5.47. The summed E-state index contributed by atoms with van der Waals surface area (Å²) in [7, 11) is 0. The van der Waals surface area contributed by atoms with E-state index >= 15 is 0 Å². The van der Waals surface area contributed by atoms with Crippen molar-refractivity contribution in [3.05, 3.63) is 71.7 Å². The van der Waals surface area contributed by atoms with E-state index in [0.717, 1.165) is 5.56 Å². The SMILES string of the molecule is OCCN(Cc1cccnc1)Cc1cn[nH]c1-c1c(F)cccc1F. The lowest BCUT2D eigenvalue weighted by atomic mass is 10.1. The van der Waals surface area contributed by atoms with Gasteiger partial charge >= 0.3 is 0 Å². The van der Waals surface area contributed by atoms with Gasteiger partial charge in [0.25, 0.3) is 0 Å². The van der Waals surface area contributed by atoms with Gasteiger partial charge in [0, 0.05) is 37.6 Å². The van der Waals surface area contributed by atoms with Crippen LogP contribution in [0.15, 0.2) is 48.9 Å². The van der Waals surface area contributed by atoms with Crippen molar-refractivity contribution in [2.24, 2.45) is 0 Å². The molecule has 0 saturated carbocycles. The molecule has 0 fully saturated rings. The average molecular weight is 344 g/mol. The Morgan fingerprint density at radius 3 is 2.52 bits per heavy atom. The van der Waals surface area contributed by atoms with Gasteiger partial charge < -0.3 is 5.11 Å². The molecule has 2 aromatic heterocycles. The van der Waals surface area contributed by atoms with E-state index in [9.17, 15) is 13.9 Å². The number of aliphatic hydroxyl groups is 1. The molecule has 2 N–H and O–H groups in total. The molecule has 0 radical (unpaired) electrons. The molecule has 3 aromatic rings. The Morgan fingerprint density at radius 1 is 1.04 bits per heavy atom. The number of rotatable bonds is 7. The molecular weight excluding hydrogens is 326 g/mol. The molecule has 0 aliphatic rings. The zero-order valence-electron chi connectivity index (χ0n) is 13.5. The number of nitrogens with zero attached hydrogens (tertiary/aromatic N) is 3. The number of benzene rings is 1. The van der Waals surface area contributed by atoms with Crippen LogP contribution in [-0.2, 0) is 13.1 Å². The minimum atomic E-state index is -0.647. The molecule has 0 spiro atoms. The van der Waals surface area contributed by atoms with Crippen molar-refractivity contribution in [1.29, 1.82) is 0 Å². The molecule has 0 bridgehead atoms. The molecular formula is C18H18F2N4O. The van der Waals surface area contributed by atoms with Gasteiger partial charge in [-0.1, -0.05) is 12.1 Å². The lowest BCUT2D eigenvalue weighted by Crippen LogP contribution is -2.26. The predicted molar refractivity (Wildman–Crippen MR) is 89.4 cm³/mol. The van der Waals surface area contributed by atoms with Crippen molar-refractivity contribution in [2.75, 3.05) is 13.2 Å². The summed E-state index contributed by atoms with van der Waals surface area (Å²) in [5.41, 5.74) is 1.82. The van der Waals surface area contributed by atoms with Gasteiger partial charge in [-0.15, -0.1) is 0 Å². The van der Waals surface area contributed by atoms with Crippen LogP contribution >= 0.6 is 0 Å². The number of halogens is 2. The van der Waals surface area contributed by atoms with Gasteiger partial charge in [-0.2, -0.15) is 5.10 Å². The van der Waals surface area contributed by atoms with Gasteiger partial charge in [0.15, 0.2) is 0 Å². The highest BCUT2D eigenvalue weighted by Gasteiger charge is 2.18. The van der Waals surface area contributed by atoms with Crippen molar-refractivity contribution in [3.8, 4) is 11.3 Å². The third-order valence-electron chi connectivity index (χ3n) is 3.87. The van der Waals surface area contributed by atoms with Gasteiger partial charge in [0.2, 0.25) is 0 Å². The van der Waals surface area contributed by atoms with Crippen molar-refractivity contribution < 1.29 is 13.9 Å². The second kappa shape index (κ2) is 7.96. The molecule has 0 amide bonds. The molecule has 5 nitrogen and oxygen atoms in total. The van der Waals surface area contributed by atoms with Crippen LogP contribution in [0, 0.1) is 11.6 Å². The third kappa shape index (κ3) is 4.07. The monoisotopic (exact) mass is 344 g/mol. The number of aromatic amines is 1. The van der Waals surface area contributed by atoms with Crippen LogP contribution in [0.25, 0.3) is 11.3 Å². The maximum atomic E-state index is 14.1. The fraction of sp³-hybridized carbons (Fsp3) is 0.222. The largest absolute Gasteiger partial charge is 0.395 e. The lowest BCUT2D eigenvalue weighted by Gasteiger charge is -2.21. The van der Waals surface area contributed by atoms with Crippen LogP contribution < -0.4 is 0 Å². The Labute approximate surface area is 144 Å². The Bertz CT molecular complexity index is 803. The second-order valence-electron chi connectivity index (χ2n) is 5.66. The van der Waals surface area contributed by atoms with E-state index in [1.54, 1.807) is 18.6 Å². The molecule has 0 aliphatic heterocycles. The van der Waals surface area contributed by atoms with Crippen LogP contribution in [-0.4, -0.2) is 38.3 Å². The molecule has 0 aliphatic carbocycles. The van der Waals surface area contributed by atoms with E-state index in [1.165, 1.54) is 18.2 Å². The number of hydrogen-bond acceptors (Lipinski definition) is 4. The first kappa shape index (κ1) is 17.2. The molecule has 1 aromatic carbocycles. The van der Waals surface area contributed by atoms with Crippen molar-refractivity contribution in [3.63, 3.8) is 0 Å².